The first kappa shape index (κ1) is 16.8. The molecule has 0 atom stereocenters. The van der Waals surface area contributed by atoms with Gasteiger partial charge in [0, 0.05) is 38.2 Å². The fourth-order valence-electron chi connectivity index (χ4n) is 2.96. The molecule has 1 aromatic carbocycles. The van der Waals surface area contributed by atoms with E-state index in [1.54, 1.807) is 29.3 Å². The molecule has 0 aliphatic carbocycles. The molecule has 1 aliphatic rings. The van der Waals surface area contributed by atoms with Crippen LogP contribution in [0.1, 0.15) is 23.3 Å². The number of pyridine rings is 1. The summed E-state index contributed by atoms with van der Waals surface area (Å²) in [5.41, 5.74) is 0.546. The van der Waals surface area contributed by atoms with E-state index < -0.39 is 11.6 Å². The molecule has 2 aromatic heterocycles. The average molecular weight is 375 g/mol. The van der Waals surface area contributed by atoms with E-state index in [2.05, 4.69) is 9.97 Å². The number of hydrogen-bond acceptors (Lipinski definition) is 5. The smallest absolute Gasteiger partial charge is 0.274 e. The highest BCUT2D eigenvalue weighted by atomic mass is 32.1. The number of thiazole rings is 1. The summed E-state index contributed by atoms with van der Waals surface area (Å²) >= 11 is 1.12. The Morgan fingerprint density at radius 2 is 2.04 bits per heavy atom. The van der Waals surface area contributed by atoms with Gasteiger partial charge in [-0.25, -0.2) is 8.78 Å². The fourth-order valence-corrected chi connectivity index (χ4v) is 3.88. The van der Waals surface area contributed by atoms with E-state index in [1.165, 1.54) is 6.07 Å². The summed E-state index contributed by atoms with van der Waals surface area (Å²) in [4.78, 5) is 22.3. The van der Waals surface area contributed by atoms with Crippen LogP contribution in [0.4, 0.5) is 8.78 Å². The van der Waals surface area contributed by atoms with Gasteiger partial charge in [0.05, 0.1) is 4.70 Å². The fraction of sp³-hybridized carbons (Fsp3) is 0.278. The molecule has 3 aromatic rings. The summed E-state index contributed by atoms with van der Waals surface area (Å²) in [6.07, 6.45) is 2.77. The van der Waals surface area contributed by atoms with Gasteiger partial charge in [-0.3, -0.25) is 9.78 Å². The third kappa shape index (κ3) is 3.37. The Morgan fingerprint density at radius 3 is 2.77 bits per heavy atom. The molecule has 134 valence electrons. The summed E-state index contributed by atoms with van der Waals surface area (Å²) in [6.45, 7) is 1.10. The number of rotatable bonds is 3. The molecule has 0 unspecified atom stereocenters. The van der Waals surface area contributed by atoms with Crippen LogP contribution in [0.2, 0.25) is 0 Å². The standard InChI is InChI=1S/C18H15F2N3O2S/c19-11-9-13(20)16-15(10-11)26-18(22-16)25-12-4-7-23(8-5-12)17(24)14-3-1-2-6-21-14/h1-3,6,9-10,12H,4-5,7-8H2. The lowest BCUT2D eigenvalue weighted by atomic mass is 10.1. The molecule has 0 radical (unpaired) electrons. The van der Waals surface area contributed by atoms with Crippen LogP contribution in [0.15, 0.2) is 36.5 Å². The van der Waals surface area contributed by atoms with Crippen LogP contribution in [0.25, 0.3) is 10.2 Å². The number of amides is 1. The molecule has 1 fully saturated rings. The Balaban J connectivity index is 1.40. The molecule has 1 saturated heterocycles. The van der Waals surface area contributed by atoms with E-state index >= 15 is 0 Å². The number of nitrogens with zero attached hydrogens (tertiary/aromatic N) is 3. The van der Waals surface area contributed by atoms with Crippen LogP contribution in [0.3, 0.4) is 0 Å². The van der Waals surface area contributed by atoms with Gasteiger partial charge in [-0.05, 0) is 18.2 Å². The first-order valence-corrected chi connectivity index (χ1v) is 9.04. The molecule has 4 rings (SSSR count). The SMILES string of the molecule is O=C(c1ccccn1)N1CCC(Oc2nc3c(F)cc(F)cc3s2)CC1. The van der Waals surface area contributed by atoms with E-state index in [4.69, 9.17) is 4.74 Å². The Labute approximate surface area is 152 Å². The number of carbonyl (C=O) groups excluding carboxylic acids is 1. The van der Waals surface area contributed by atoms with Gasteiger partial charge in [-0.15, -0.1) is 0 Å². The topological polar surface area (TPSA) is 55.3 Å². The van der Waals surface area contributed by atoms with Gasteiger partial charge in [0.25, 0.3) is 11.1 Å². The van der Waals surface area contributed by atoms with Crippen LogP contribution in [0.5, 0.6) is 5.19 Å². The van der Waals surface area contributed by atoms with Gasteiger partial charge in [0.1, 0.15) is 23.1 Å². The van der Waals surface area contributed by atoms with Crippen molar-refractivity contribution in [2.24, 2.45) is 0 Å². The first-order valence-electron chi connectivity index (χ1n) is 8.23. The zero-order valence-corrected chi connectivity index (χ0v) is 14.5. The van der Waals surface area contributed by atoms with Crippen LogP contribution in [-0.2, 0) is 0 Å². The van der Waals surface area contributed by atoms with E-state index in [0.29, 0.717) is 41.5 Å². The van der Waals surface area contributed by atoms with Gasteiger partial charge in [0.2, 0.25) is 0 Å². The summed E-state index contributed by atoms with van der Waals surface area (Å²) in [7, 11) is 0. The van der Waals surface area contributed by atoms with Crippen molar-refractivity contribution in [3.63, 3.8) is 0 Å². The molecule has 1 amide bonds. The van der Waals surface area contributed by atoms with Crippen LogP contribution >= 0.6 is 11.3 Å². The quantitative estimate of drug-likeness (QED) is 0.701. The second kappa shape index (κ2) is 6.95. The largest absolute Gasteiger partial charge is 0.467 e. The molecular formula is C18H15F2N3O2S. The third-order valence-corrected chi connectivity index (χ3v) is 5.17. The van der Waals surface area contributed by atoms with Crippen molar-refractivity contribution < 1.29 is 18.3 Å². The Morgan fingerprint density at radius 1 is 1.23 bits per heavy atom. The van der Waals surface area contributed by atoms with Crippen molar-refractivity contribution in [1.82, 2.24) is 14.9 Å². The summed E-state index contributed by atoms with van der Waals surface area (Å²) in [6, 6.07) is 7.30. The van der Waals surface area contributed by atoms with Gasteiger partial charge in [0.15, 0.2) is 5.82 Å². The zero-order chi connectivity index (χ0) is 18.1. The van der Waals surface area contributed by atoms with Crippen molar-refractivity contribution in [1.29, 1.82) is 0 Å². The maximum atomic E-state index is 13.7. The lowest BCUT2D eigenvalue weighted by Crippen LogP contribution is -2.42. The van der Waals surface area contributed by atoms with Crippen molar-refractivity contribution in [2.75, 3.05) is 13.1 Å². The number of hydrogen-bond donors (Lipinski definition) is 0. The number of piperidine rings is 1. The highest BCUT2D eigenvalue weighted by Gasteiger charge is 2.26. The van der Waals surface area contributed by atoms with Crippen molar-refractivity contribution in [3.05, 3.63) is 53.9 Å². The minimum absolute atomic E-state index is 0.0958. The van der Waals surface area contributed by atoms with Gasteiger partial charge in [-0.1, -0.05) is 17.4 Å². The molecule has 0 bridgehead atoms. The van der Waals surface area contributed by atoms with Gasteiger partial charge >= 0.3 is 0 Å². The highest BCUT2D eigenvalue weighted by molar-refractivity contribution is 7.20. The molecule has 5 nitrogen and oxygen atoms in total. The Hall–Kier alpha value is -2.61. The third-order valence-electron chi connectivity index (χ3n) is 4.27. The number of aromatic nitrogens is 2. The van der Waals surface area contributed by atoms with E-state index in [-0.39, 0.29) is 17.5 Å². The van der Waals surface area contributed by atoms with E-state index in [1.807, 2.05) is 0 Å². The van der Waals surface area contributed by atoms with Gasteiger partial charge < -0.3 is 9.64 Å². The van der Waals surface area contributed by atoms with E-state index in [0.717, 1.165) is 17.4 Å². The summed E-state index contributed by atoms with van der Waals surface area (Å²) in [5.74, 6) is -1.42. The number of likely N-dealkylation sites (tertiary alicyclic amines) is 1. The van der Waals surface area contributed by atoms with Crippen molar-refractivity contribution >= 4 is 27.5 Å². The molecular weight excluding hydrogens is 360 g/mol. The number of benzene rings is 1. The summed E-state index contributed by atoms with van der Waals surface area (Å²) < 4.78 is 33.3. The molecule has 26 heavy (non-hydrogen) atoms. The predicted octanol–water partition coefficient (Wildman–Crippen LogP) is 3.65. The highest BCUT2D eigenvalue weighted by Crippen LogP contribution is 2.32. The molecule has 1 aliphatic heterocycles. The number of fused-ring (bicyclic) bond motifs is 1. The monoisotopic (exact) mass is 375 g/mol. The summed E-state index contributed by atoms with van der Waals surface area (Å²) in [5, 5.41) is 0.319. The molecule has 0 spiro atoms. The lowest BCUT2D eigenvalue weighted by Gasteiger charge is -2.31. The molecule has 8 heteroatoms. The maximum Gasteiger partial charge on any atom is 0.274 e. The number of ether oxygens (including phenoxy) is 1. The number of carbonyl (C=O) groups is 1. The normalized spacial score (nSPS) is 15.4. The van der Waals surface area contributed by atoms with Crippen LogP contribution in [0, 0.1) is 11.6 Å². The van der Waals surface area contributed by atoms with Crippen LogP contribution in [-0.4, -0.2) is 40.0 Å². The lowest BCUT2D eigenvalue weighted by molar-refractivity contribution is 0.0590. The van der Waals surface area contributed by atoms with Crippen molar-refractivity contribution in [3.8, 4) is 5.19 Å². The second-order valence-corrected chi connectivity index (χ2v) is 7.03. The average Bonchev–Trinajstić information content (AvgIpc) is 3.05. The van der Waals surface area contributed by atoms with Gasteiger partial charge in [-0.2, -0.15) is 4.98 Å². The second-order valence-electron chi connectivity index (χ2n) is 6.04. The molecule has 0 saturated carbocycles. The molecule has 3 heterocycles. The Bertz CT molecular complexity index is 940. The number of halogens is 2. The minimum atomic E-state index is -0.693. The first-order chi connectivity index (χ1) is 12.6. The zero-order valence-electron chi connectivity index (χ0n) is 13.7. The maximum absolute atomic E-state index is 13.7. The minimum Gasteiger partial charge on any atom is -0.467 e. The van der Waals surface area contributed by atoms with E-state index in [9.17, 15) is 13.6 Å². The molecule has 0 N–H and O–H groups in total. The van der Waals surface area contributed by atoms with Crippen molar-refractivity contribution in [2.45, 2.75) is 18.9 Å². The predicted molar refractivity (Wildman–Crippen MR) is 93.3 cm³/mol. The van der Waals surface area contributed by atoms with Crippen LogP contribution < -0.4 is 4.74 Å². The Kier molecular flexibility index (Phi) is 4.50.